The lowest BCUT2D eigenvalue weighted by molar-refractivity contribution is -0.159. The number of ether oxygens (including phenoxy) is 1. The van der Waals surface area contributed by atoms with Crippen LogP contribution in [0.1, 0.15) is 43.2 Å². The van der Waals surface area contributed by atoms with Crippen LogP contribution in [0.5, 0.6) is 5.75 Å². The van der Waals surface area contributed by atoms with Gasteiger partial charge in [-0.2, -0.15) is 0 Å². The maximum Gasteiger partial charge on any atom is 0.414 e. The Hall–Kier alpha value is -1.60. The highest BCUT2D eigenvalue weighted by Gasteiger charge is 2.13. The van der Waals surface area contributed by atoms with E-state index in [4.69, 9.17) is 24.5 Å². The van der Waals surface area contributed by atoms with E-state index in [0.29, 0.717) is 0 Å². The number of hydrogen-bond donors (Lipinski definition) is 3. The quantitative estimate of drug-likeness (QED) is 0.485. The Balaban J connectivity index is 0.000000450. The fourth-order valence-electron chi connectivity index (χ4n) is 2.77. The van der Waals surface area contributed by atoms with Crippen LogP contribution in [0.15, 0.2) is 16.6 Å². The van der Waals surface area contributed by atoms with Gasteiger partial charge >= 0.3 is 11.9 Å². The fraction of sp³-hybridized carbons (Fsp3) is 0.556. The summed E-state index contributed by atoms with van der Waals surface area (Å²) in [7, 11) is 0. The molecule has 0 aliphatic heterocycles. The first-order chi connectivity index (χ1) is 11.8. The molecular formula is C18H26BrNO5. The van der Waals surface area contributed by atoms with Crippen LogP contribution in [0.3, 0.4) is 0 Å². The maximum absolute atomic E-state index is 9.10. The molecule has 1 aromatic rings. The van der Waals surface area contributed by atoms with Crippen molar-refractivity contribution in [2.75, 3.05) is 13.2 Å². The highest BCUT2D eigenvalue weighted by atomic mass is 79.9. The van der Waals surface area contributed by atoms with E-state index in [1.807, 2.05) is 0 Å². The summed E-state index contributed by atoms with van der Waals surface area (Å²) in [4.78, 5) is 18.2. The summed E-state index contributed by atoms with van der Waals surface area (Å²) in [6.45, 7) is 6.05. The van der Waals surface area contributed by atoms with Crippen LogP contribution in [-0.4, -0.2) is 41.3 Å². The lowest BCUT2D eigenvalue weighted by atomic mass is 10.1. The molecule has 3 N–H and O–H groups in total. The SMILES string of the molecule is Cc1cc(C)c(OCCCNC2CCCC2)c(Br)c1.O=C(O)C(=O)O. The third-order valence-corrected chi connectivity index (χ3v) is 4.50. The van der Waals surface area contributed by atoms with Crippen molar-refractivity contribution >= 4 is 27.9 Å². The van der Waals surface area contributed by atoms with E-state index in [2.05, 4.69) is 47.2 Å². The largest absolute Gasteiger partial charge is 0.492 e. The van der Waals surface area contributed by atoms with Crippen LogP contribution in [0.2, 0.25) is 0 Å². The molecule has 0 unspecified atom stereocenters. The van der Waals surface area contributed by atoms with Crippen molar-refractivity contribution in [2.45, 2.75) is 52.0 Å². The normalized spacial score (nSPS) is 13.9. The number of rotatable bonds is 6. The molecule has 0 aromatic heterocycles. The third kappa shape index (κ3) is 8.36. The van der Waals surface area contributed by atoms with Gasteiger partial charge in [-0.1, -0.05) is 18.9 Å². The average molecular weight is 416 g/mol. The minimum Gasteiger partial charge on any atom is -0.492 e. The maximum atomic E-state index is 9.10. The number of halogens is 1. The highest BCUT2D eigenvalue weighted by molar-refractivity contribution is 9.10. The van der Waals surface area contributed by atoms with Crippen molar-refractivity contribution in [1.82, 2.24) is 5.32 Å². The Kier molecular flexibility index (Phi) is 9.52. The first-order valence-electron chi connectivity index (χ1n) is 8.40. The number of hydrogen-bond acceptors (Lipinski definition) is 4. The van der Waals surface area contributed by atoms with Gasteiger partial charge in [0.05, 0.1) is 11.1 Å². The van der Waals surface area contributed by atoms with Crippen LogP contribution < -0.4 is 10.1 Å². The van der Waals surface area contributed by atoms with Gasteiger partial charge in [-0.3, -0.25) is 0 Å². The fourth-order valence-corrected chi connectivity index (χ4v) is 3.56. The smallest absolute Gasteiger partial charge is 0.414 e. The van der Waals surface area contributed by atoms with Crippen LogP contribution in [-0.2, 0) is 9.59 Å². The predicted molar refractivity (Wildman–Crippen MR) is 99.3 cm³/mol. The molecule has 0 saturated heterocycles. The summed E-state index contributed by atoms with van der Waals surface area (Å²) in [5.74, 6) is -2.66. The van der Waals surface area contributed by atoms with Gasteiger partial charge in [0.1, 0.15) is 5.75 Å². The number of carboxylic acid groups (broad SMARTS) is 2. The Morgan fingerprint density at radius 2 is 1.80 bits per heavy atom. The Bertz CT molecular complexity index is 550. The molecule has 0 amide bonds. The summed E-state index contributed by atoms with van der Waals surface area (Å²) < 4.78 is 6.96. The summed E-state index contributed by atoms with van der Waals surface area (Å²) in [6, 6.07) is 5.03. The van der Waals surface area contributed by atoms with Gasteiger partial charge in [0, 0.05) is 6.04 Å². The van der Waals surface area contributed by atoms with Crippen molar-refractivity contribution in [1.29, 1.82) is 0 Å². The van der Waals surface area contributed by atoms with Crippen LogP contribution in [0, 0.1) is 13.8 Å². The van der Waals surface area contributed by atoms with E-state index in [9.17, 15) is 0 Å². The van der Waals surface area contributed by atoms with Gasteiger partial charge in [-0.05, 0) is 72.8 Å². The zero-order chi connectivity index (χ0) is 18.8. The van der Waals surface area contributed by atoms with Crippen LogP contribution in [0.25, 0.3) is 0 Å². The predicted octanol–water partition coefficient (Wildman–Crippen LogP) is 3.52. The second-order valence-electron chi connectivity index (χ2n) is 6.14. The number of carboxylic acids is 2. The molecule has 25 heavy (non-hydrogen) atoms. The molecule has 2 rings (SSSR count). The van der Waals surface area contributed by atoms with Gasteiger partial charge < -0.3 is 20.3 Å². The second kappa shape index (κ2) is 11.1. The number of nitrogens with one attached hydrogen (secondary N) is 1. The Morgan fingerprint density at radius 3 is 2.32 bits per heavy atom. The standard InChI is InChI=1S/C16H24BrNO.C2H2O4/c1-12-10-13(2)16(15(17)11-12)19-9-5-8-18-14-6-3-4-7-14;3-1(4)2(5)6/h10-11,14,18H,3-9H2,1-2H3;(H,3,4)(H,5,6). The van der Waals surface area contributed by atoms with E-state index >= 15 is 0 Å². The molecule has 1 saturated carbocycles. The van der Waals surface area contributed by atoms with E-state index in [1.165, 1.54) is 36.8 Å². The van der Waals surface area contributed by atoms with E-state index in [0.717, 1.165) is 35.8 Å². The monoisotopic (exact) mass is 415 g/mol. The Labute approximate surface area is 156 Å². The van der Waals surface area contributed by atoms with Crippen molar-refractivity contribution in [2.24, 2.45) is 0 Å². The average Bonchev–Trinajstić information content (AvgIpc) is 3.03. The molecule has 7 heteroatoms. The topological polar surface area (TPSA) is 95.9 Å². The van der Waals surface area contributed by atoms with E-state index in [1.54, 1.807) is 0 Å². The van der Waals surface area contributed by atoms with Gasteiger partial charge in [0.15, 0.2) is 0 Å². The van der Waals surface area contributed by atoms with E-state index < -0.39 is 11.9 Å². The molecule has 0 bridgehead atoms. The summed E-state index contributed by atoms with van der Waals surface area (Å²) in [5, 5.41) is 18.4. The zero-order valence-corrected chi connectivity index (χ0v) is 16.3. The van der Waals surface area contributed by atoms with Crippen LogP contribution >= 0.6 is 15.9 Å². The van der Waals surface area contributed by atoms with Crippen molar-refractivity contribution in [3.63, 3.8) is 0 Å². The molecule has 1 aromatic carbocycles. The van der Waals surface area contributed by atoms with Crippen molar-refractivity contribution in [3.05, 3.63) is 27.7 Å². The Morgan fingerprint density at radius 1 is 1.20 bits per heavy atom. The minimum atomic E-state index is -1.82. The molecule has 1 aliphatic rings. The first-order valence-corrected chi connectivity index (χ1v) is 9.19. The molecule has 1 fully saturated rings. The zero-order valence-electron chi connectivity index (χ0n) is 14.7. The lowest BCUT2D eigenvalue weighted by Gasteiger charge is -2.14. The minimum absolute atomic E-state index is 0.757. The van der Waals surface area contributed by atoms with E-state index in [-0.39, 0.29) is 0 Å². The van der Waals surface area contributed by atoms with Crippen molar-refractivity contribution < 1.29 is 24.5 Å². The number of benzene rings is 1. The summed E-state index contributed by atoms with van der Waals surface area (Å²) in [5.41, 5.74) is 2.47. The highest BCUT2D eigenvalue weighted by Crippen LogP contribution is 2.30. The molecule has 0 atom stereocenters. The van der Waals surface area contributed by atoms with Gasteiger partial charge in [0.2, 0.25) is 0 Å². The molecule has 6 nitrogen and oxygen atoms in total. The van der Waals surface area contributed by atoms with Crippen molar-refractivity contribution in [3.8, 4) is 5.75 Å². The van der Waals surface area contributed by atoms with Crippen LogP contribution in [0.4, 0.5) is 0 Å². The number of aliphatic carboxylic acids is 2. The lowest BCUT2D eigenvalue weighted by Crippen LogP contribution is -2.27. The molecule has 0 radical (unpaired) electrons. The van der Waals surface area contributed by atoms with Gasteiger partial charge in [0.25, 0.3) is 0 Å². The third-order valence-electron chi connectivity index (χ3n) is 3.91. The van der Waals surface area contributed by atoms with Gasteiger partial charge in [-0.25, -0.2) is 9.59 Å². The molecule has 0 heterocycles. The first kappa shape index (κ1) is 21.4. The molecule has 140 valence electrons. The molecule has 0 spiro atoms. The second-order valence-corrected chi connectivity index (χ2v) is 6.99. The number of carbonyl (C=O) groups is 2. The number of aryl methyl sites for hydroxylation is 2. The molecule has 1 aliphatic carbocycles. The summed E-state index contributed by atoms with van der Waals surface area (Å²) >= 11 is 3.58. The van der Waals surface area contributed by atoms with Gasteiger partial charge in [-0.15, -0.1) is 0 Å². The summed E-state index contributed by atoms with van der Waals surface area (Å²) in [6.07, 6.45) is 6.55. The molecular weight excluding hydrogens is 390 g/mol.